The number of methoxy groups -OCH3 is 12. The Labute approximate surface area is 409 Å². The summed E-state index contributed by atoms with van der Waals surface area (Å²) < 4.78 is 67.8. The molecule has 0 heterocycles. The first-order valence-electron chi connectivity index (χ1n) is 21.2. The van der Waals surface area contributed by atoms with Crippen molar-refractivity contribution in [3.8, 4) is 128 Å². The molecule has 0 N–H and O–H groups in total. The molecule has 0 bridgehead atoms. The molecule has 0 aliphatic heterocycles. The molecule has 0 amide bonds. The molecule has 0 aliphatic carbocycles. The van der Waals surface area contributed by atoms with Crippen molar-refractivity contribution in [3.63, 3.8) is 0 Å². The van der Waals surface area contributed by atoms with Crippen LogP contribution in [0.1, 0.15) is 55.6 Å². The van der Waals surface area contributed by atoms with E-state index in [0.717, 1.165) is 0 Å². The molecule has 12 nitrogen and oxygen atoms in total. The van der Waals surface area contributed by atoms with Crippen molar-refractivity contribution in [1.82, 2.24) is 0 Å². The molecule has 6 aromatic rings. The van der Waals surface area contributed by atoms with E-state index in [1.54, 1.807) is 170 Å². The van der Waals surface area contributed by atoms with Gasteiger partial charge in [-0.2, -0.15) is 0 Å². The predicted molar refractivity (Wildman–Crippen MR) is 267 cm³/mol. The fourth-order valence-electron chi connectivity index (χ4n) is 6.87. The van der Waals surface area contributed by atoms with Crippen molar-refractivity contribution < 1.29 is 56.8 Å². The highest BCUT2D eigenvalue weighted by Crippen LogP contribution is 2.34. The topological polar surface area (TPSA) is 111 Å². The Kier molecular flexibility index (Phi) is 17.2. The lowest BCUT2D eigenvalue weighted by atomic mass is 10.0. The Morgan fingerprint density at radius 3 is 0.486 bits per heavy atom. The fourth-order valence-corrected chi connectivity index (χ4v) is 6.87. The summed E-state index contributed by atoms with van der Waals surface area (Å²) in [5.74, 6) is 38.3. The Morgan fingerprint density at radius 2 is 0.343 bits per heavy atom. The maximum Gasteiger partial charge on any atom is 0.136 e. The molecule has 0 aromatic heterocycles. The first-order valence-corrected chi connectivity index (χ1v) is 21.2. The van der Waals surface area contributed by atoms with E-state index < -0.39 is 0 Å². The number of hydrogen-bond donors (Lipinski definition) is 0. The van der Waals surface area contributed by atoms with Crippen molar-refractivity contribution in [1.29, 1.82) is 0 Å². The molecule has 0 unspecified atom stereocenters. The highest BCUT2D eigenvalue weighted by molar-refractivity contribution is 5.67. The number of rotatable bonds is 12. The van der Waals surface area contributed by atoms with Gasteiger partial charge in [0.15, 0.2) is 0 Å². The minimum absolute atomic E-state index is 0.468. The molecular formula is C58H50O12. The zero-order valence-corrected chi connectivity index (χ0v) is 41.0. The molecule has 0 aliphatic rings. The minimum Gasteiger partial charge on any atom is -0.497 e. The number of ether oxygens (including phenoxy) is 12. The van der Waals surface area contributed by atoms with Crippen LogP contribution in [0.4, 0.5) is 0 Å². The van der Waals surface area contributed by atoms with Gasteiger partial charge in [-0.25, -0.2) is 0 Å². The average Bonchev–Trinajstić information content (AvgIpc) is 3.41. The summed E-state index contributed by atoms with van der Waals surface area (Å²) in [5, 5.41) is 0. The first kappa shape index (κ1) is 50.1. The molecule has 70 heavy (non-hydrogen) atoms. The highest BCUT2D eigenvalue weighted by Gasteiger charge is 2.15. The summed E-state index contributed by atoms with van der Waals surface area (Å²) in [5.41, 5.74) is 5.79. The second kappa shape index (κ2) is 24.0. The van der Waals surface area contributed by atoms with Gasteiger partial charge in [-0.3, -0.25) is 0 Å². The Morgan fingerprint density at radius 1 is 0.186 bits per heavy atom. The predicted octanol–water partition coefficient (Wildman–Crippen LogP) is 8.79. The van der Waals surface area contributed by atoms with Crippen LogP contribution in [0.2, 0.25) is 0 Å². The zero-order valence-electron chi connectivity index (χ0n) is 41.0. The van der Waals surface area contributed by atoms with Crippen LogP contribution in [0.15, 0.2) is 84.9 Å². The highest BCUT2D eigenvalue weighted by atomic mass is 16.5. The van der Waals surface area contributed by atoms with Crippen LogP contribution in [-0.2, 0) is 0 Å². The average molecular weight is 939 g/mol. The second-order valence-electron chi connectivity index (χ2n) is 14.4. The second-order valence-corrected chi connectivity index (χ2v) is 14.4. The summed E-state index contributed by atoms with van der Waals surface area (Å²) in [4.78, 5) is 0. The van der Waals surface area contributed by atoms with Crippen LogP contribution in [0.3, 0.4) is 0 Å². The van der Waals surface area contributed by atoms with E-state index in [-0.39, 0.29) is 0 Å². The van der Waals surface area contributed by atoms with Crippen molar-refractivity contribution in [3.05, 3.63) is 141 Å². The Balaban J connectivity index is 1.30. The van der Waals surface area contributed by atoms with Crippen molar-refractivity contribution in [2.45, 2.75) is 0 Å². The minimum atomic E-state index is 0.468. The summed E-state index contributed by atoms with van der Waals surface area (Å²) in [6.07, 6.45) is 0. The van der Waals surface area contributed by atoms with Crippen LogP contribution in [0.25, 0.3) is 0 Å². The van der Waals surface area contributed by atoms with Crippen LogP contribution < -0.4 is 56.8 Å². The van der Waals surface area contributed by atoms with Crippen molar-refractivity contribution in [2.24, 2.45) is 0 Å². The lowest BCUT2D eigenvalue weighted by Gasteiger charge is -2.11. The molecule has 354 valence electrons. The smallest absolute Gasteiger partial charge is 0.136 e. The van der Waals surface area contributed by atoms with E-state index in [1.165, 1.54) is 0 Å². The van der Waals surface area contributed by atoms with Gasteiger partial charge < -0.3 is 56.8 Å². The lowest BCUT2D eigenvalue weighted by Crippen LogP contribution is -1.96. The molecule has 0 radical (unpaired) electrons. The molecule has 0 fully saturated rings. The third-order valence-electron chi connectivity index (χ3n) is 10.6. The van der Waals surface area contributed by atoms with E-state index in [4.69, 9.17) is 56.8 Å². The van der Waals surface area contributed by atoms with Crippen LogP contribution in [0.5, 0.6) is 69.0 Å². The number of hydrogen-bond acceptors (Lipinski definition) is 12. The van der Waals surface area contributed by atoms with Crippen LogP contribution >= 0.6 is 0 Å². The van der Waals surface area contributed by atoms with Crippen LogP contribution in [-0.4, -0.2) is 85.3 Å². The normalized spacial score (nSPS) is 9.71. The standard InChI is InChI=1S/C58H50O12/c1-59-47-23-25-49(61-3)37(27-47)13-15-39-29-53(65-7)41(31-51(39)63-5)17-19-43-33-57(69-11)45(35-55(43)67-9)21-22-46-36-56(68-10)44(34-58(46)70-12)20-18-42-32-52(64-6)40(30-54(42)66-8)16-14-38-28-48(60-2)24-26-50(38)62-4/h23-36H,1-12H3. The summed E-state index contributed by atoms with van der Waals surface area (Å²) in [7, 11) is 18.8. The van der Waals surface area contributed by atoms with Gasteiger partial charge in [0, 0.05) is 48.5 Å². The van der Waals surface area contributed by atoms with Gasteiger partial charge in [-0.1, -0.05) is 59.2 Å². The van der Waals surface area contributed by atoms with Gasteiger partial charge in [0.2, 0.25) is 0 Å². The molecule has 0 saturated carbocycles. The van der Waals surface area contributed by atoms with E-state index in [9.17, 15) is 0 Å². The van der Waals surface area contributed by atoms with Gasteiger partial charge in [0.25, 0.3) is 0 Å². The molecular weight excluding hydrogens is 889 g/mol. The molecule has 6 aromatic carbocycles. The number of benzene rings is 6. The van der Waals surface area contributed by atoms with Gasteiger partial charge in [-0.05, 0) is 36.4 Å². The summed E-state index contributed by atoms with van der Waals surface area (Å²) in [6.45, 7) is 0. The SMILES string of the molecule is COc1ccc(OC)c(C#Cc2cc(OC)c(C#Cc3cc(OC)c(C#Cc4cc(OC)c(C#Cc5cc(OC)c(C#Cc6cc(OC)ccc6OC)cc5OC)cc4OC)cc3OC)cc2OC)c1. The fraction of sp³-hybridized carbons (Fsp3) is 0.207. The van der Waals surface area contributed by atoms with Crippen molar-refractivity contribution >= 4 is 0 Å². The maximum atomic E-state index is 5.79. The van der Waals surface area contributed by atoms with Gasteiger partial charge >= 0.3 is 0 Å². The van der Waals surface area contributed by atoms with E-state index in [0.29, 0.717) is 125 Å². The monoisotopic (exact) mass is 938 g/mol. The molecule has 12 heteroatoms. The first-order chi connectivity index (χ1) is 34.1. The van der Waals surface area contributed by atoms with Gasteiger partial charge in [-0.15, -0.1) is 0 Å². The van der Waals surface area contributed by atoms with Gasteiger partial charge in [0.1, 0.15) is 69.0 Å². The molecule has 0 saturated heterocycles. The third kappa shape index (κ3) is 11.6. The Bertz CT molecular complexity index is 3020. The summed E-state index contributed by atoms with van der Waals surface area (Å²) >= 11 is 0. The Hall–Kier alpha value is -9.28. The lowest BCUT2D eigenvalue weighted by molar-refractivity contribution is 0.400. The zero-order chi connectivity index (χ0) is 50.2. The third-order valence-corrected chi connectivity index (χ3v) is 10.6. The largest absolute Gasteiger partial charge is 0.497 e. The quantitative estimate of drug-likeness (QED) is 0.109. The van der Waals surface area contributed by atoms with E-state index >= 15 is 0 Å². The van der Waals surface area contributed by atoms with Crippen molar-refractivity contribution in [2.75, 3.05) is 85.3 Å². The van der Waals surface area contributed by atoms with E-state index in [1.807, 2.05) is 0 Å². The maximum absolute atomic E-state index is 5.79. The summed E-state index contributed by atoms with van der Waals surface area (Å²) in [6, 6.07) is 24.9. The van der Waals surface area contributed by atoms with Crippen LogP contribution in [0, 0.1) is 59.2 Å². The molecule has 0 atom stereocenters. The molecule has 6 rings (SSSR count). The van der Waals surface area contributed by atoms with Gasteiger partial charge in [0.05, 0.1) is 141 Å². The van der Waals surface area contributed by atoms with E-state index in [2.05, 4.69) is 59.2 Å². The molecule has 0 spiro atoms.